The fraction of sp³-hybridized carbons (Fsp3) is 0.154. The number of nitrogens with two attached hydrogens (primary N) is 1. The quantitative estimate of drug-likeness (QED) is 0.817. The Labute approximate surface area is 129 Å². The lowest BCUT2D eigenvalue weighted by atomic mass is 10.1. The number of amides is 1. The number of nitrogens with one attached hydrogen (secondary N) is 1. The zero-order valence-corrected chi connectivity index (χ0v) is 13.0. The van der Waals surface area contributed by atoms with E-state index < -0.39 is 5.91 Å². The Morgan fingerprint density at radius 3 is 2.57 bits per heavy atom. The van der Waals surface area contributed by atoms with Crippen LogP contribution in [0.3, 0.4) is 0 Å². The van der Waals surface area contributed by atoms with E-state index in [1.165, 1.54) is 32.7 Å². The number of halogens is 1. The summed E-state index contributed by atoms with van der Waals surface area (Å²) < 4.78 is 10.8. The molecule has 0 atom stereocenters. The Balaban J connectivity index is 2.32. The highest BCUT2D eigenvalue weighted by Gasteiger charge is 2.16. The van der Waals surface area contributed by atoms with Crippen LogP contribution in [-0.4, -0.2) is 30.1 Å². The molecular weight excluding hydrogens is 340 g/mol. The van der Waals surface area contributed by atoms with E-state index >= 15 is 0 Å². The number of carbonyl (C=O) groups is 1. The summed E-state index contributed by atoms with van der Waals surface area (Å²) in [5, 5.41) is 2.60. The molecule has 0 radical (unpaired) electrons. The zero-order chi connectivity index (χ0) is 15.4. The van der Waals surface area contributed by atoms with Gasteiger partial charge in [0.15, 0.2) is 5.82 Å². The van der Waals surface area contributed by atoms with Gasteiger partial charge in [-0.2, -0.15) is 0 Å². The van der Waals surface area contributed by atoms with Gasteiger partial charge in [0.2, 0.25) is 0 Å². The minimum absolute atomic E-state index is 0.223. The van der Waals surface area contributed by atoms with Gasteiger partial charge in [-0.3, -0.25) is 4.79 Å². The largest absolute Gasteiger partial charge is 0.497 e. The highest BCUT2D eigenvalue weighted by molar-refractivity contribution is 9.10. The van der Waals surface area contributed by atoms with E-state index in [-0.39, 0.29) is 11.3 Å². The molecule has 8 heteroatoms. The zero-order valence-electron chi connectivity index (χ0n) is 11.4. The highest BCUT2D eigenvalue weighted by Crippen LogP contribution is 2.31. The molecule has 1 amide bonds. The van der Waals surface area contributed by atoms with Crippen LogP contribution in [0, 0.1) is 0 Å². The lowest BCUT2D eigenvalue weighted by molar-refractivity contribution is 0.102. The molecule has 0 saturated heterocycles. The maximum absolute atomic E-state index is 12.3. The van der Waals surface area contributed by atoms with Crippen LogP contribution in [0.15, 0.2) is 29.1 Å². The number of carbonyl (C=O) groups excluding carboxylic acids is 1. The van der Waals surface area contributed by atoms with Crippen molar-refractivity contribution < 1.29 is 14.3 Å². The highest BCUT2D eigenvalue weighted by atomic mass is 79.9. The molecule has 0 aliphatic rings. The lowest BCUT2D eigenvalue weighted by Crippen LogP contribution is -2.15. The van der Waals surface area contributed by atoms with Crippen molar-refractivity contribution in [2.45, 2.75) is 0 Å². The fourth-order valence-electron chi connectivity index (χ4n) is 1.64. The molecule has 110 valence electrons. The summed E-state index contributed by atoms with van der Waals surface area (Å²) in [6.45, 7) is 0. The van der Waals surface area contributed by atoms with E-state index in [1.54, 1.807) is 6.07 Å². The number of ether oxygens (including phenoxy) is 2. The molecule has 0 bridgehead atoms. The summed E-state index contributed by atoms with van der Waals surface area (Å²) in [6.07, 6.45) is 2.90. The second-order valence-electron chi connectivity index (χ2n) is 3.97. The lowest BCUT2D eigenvalue weighted by Gasteiger charge is -2.12. The van der Waals surface area contributed by atoms with Crippen LogP contribution >= 0.6 is 15.9 Å². The maximum Gasteiger partial charge on any atom is 0.259 e. The van der Waals surface area contributed by atoms with Gasteiger partial charge in [0.1, 0.15) is 16.1 Å². The van der Waals surface area contributed by atoms with Crippen LogP contribution in [0.5, 0.6) is 11.5 Å². The van der Waals surface area contributed by atoms with Crippen molar-refractivity contribution in [3.05, 3.63) is 34.7 Å². The van der Waals surface area contributed by atoms with Gasteiger partial charge in [0, 0.05) is 6.07 Å². The van der Waals surface area contributed by atoms with Crippen LogP contribution in [0.4, 0.5) is 11.5 Å². The molecular formula is C13H13BrN4O3. The van der Waals surface area contributed by atoms with Gasteiger partial charge in [-0.1, -0.05) is 0 Å². The maximum atomic E-state index is 12.3. The van der Waals surface area contributed by atoms with Gasteiger partial charge >= 0.3 is 0 Å². The molecule has 7 nitrogen and oxygen atoms in total. The fourth-order valence-corrected chi connectivity index (χ4v) is 1.84. The third-order valence-corrected chi connectivity index (χ3v) is 3.09. The van der Waals surface area contributed by atoms with Crippen molar-refractivity contribution in [2.24, 2.45) is 0 Å². The van der Waals surface area contributed by atoms with Gasteiger partial charge in [0.25, 0.3) is 5.91 Å². The number of hydrogen-bond donors (Lipinski definition) is 2. The summed E-state index contributed by atoms with van der Waals surface area (Å²) in [6, 6.07) is 3.13. The minimum Gasteiger partial charge on any atom is -0.497 e. The van der Waals surface area contributed by atoms with Crippen LogP contribution in [0.2, 0.25) is 0 Å². The number of benzene rings is 1. The molecule has 21 heavy (non-hydrogen) atoms. The molecule has 1 aromatic heterocycles. The van der Waals surface area contributed by atoms with Gasteiger partial charge in [0.05, 0.1) is 37.9 Å². The SMILES string of the molecule is COc1cc(OC)c(N)c(C(=O)Nc2cnc(Br)cn2)c1. The predicted octanol–water partition coefficient (Wildman–Crippen LogP) is 2.09. The summed E-state index contributed by atoms with van der Waals surface area (Å²) >= 11 is 3.17. The predicted molar refractivity (Wildman–Crippen MR) is 81.6 cm³/mol. The van der Waals surface area contributed by atoms with Crippen molar-refractivity contribution in [1.29, 1.82) is 0 Å². The number of nitrogen functional groups attached to an aromatic ring is 1. The Morgan fingerprint density at radius 2 is 2.00 bits per heavy atom. The first-order valence-electron chi connectivity index (χ1n) is 5.85. The third kappa shape index (κ3) is 3.40. The normalized spacial score (nSPS) is 10.0. The average molecular weight is 353 g/mol. The number of nitrogens with zero attached hydrogens (tertiary/aromatic N) is 2. The molecule has 0 saturated carbocycles. The van der Waals surface area contributed by atoms with E-state index in [2.05, 4.69) is 31.2 Å². The van der Waals surface area contributed by atoms with Crippen molar-refractivity contribution in [3.63, 3.8) is 0 Å². The minimum atomic E-state index is -0.429. The van der Waals surface area contributed by atoms with Crippen molar-refractivity contribution in [1.82, 2.24) is 9.97 Å². The van der Waals surface area contributed by atoms with E-state index in [0.29, 0.717) is 21.9 Å². The number of methoxy groups -OCH3 is 2. The van der Waals surface area contributed by atoms with E-state index in [1.807, 2.05) is 0 Å². The standard InChI is InChI=1S/C13H13BrN4O3/c1-20-7-3-8(12(15)9(4-7)21-2)13(19)18-11-6-16-10(14)5-17-11/h3-6H,15H2,1-2H3,(H,17,18,19). The van der Waals surface area contributed by atoms with Crippen LogP contribution < -0.4 is 20.5 Å². The molecule has 0 unspecified atom stereocenters. The average Bonchev–Trinajstić information content (AvgIpc) is 2.49. The molecule has 3 N–H and O–H groups in total. The first-order chi connectivity index (χ1) is 10.0. The Morgan fingerprint density at radius 1 is 1.24 bits per heavy atom. The summed E-state index contributed by atoms with van der Waals surface area (Å²) in [4.78, 5) is 20.3. The van der Waals surface area contributed by atoms with Crippen LogP contribution in [0.25, 0.3) is 0 Å². The van der Waals surface area contributed by atoms with Crippen LogP contribution in [0.1, 0.15) is 10.4 Å². The van der Waals surface area contributed by atoms with Crippen molar-refractivity contribution in [2.75, 3.05) is 25.3 Å². The van der Waals surface area contributed by atoms with E-state index in [0.717, 1.165) is 0 Å². The van der Waals surface area contributed by atoms with Gasteiger partial charge in [-0.25, -0.2) is 9.97 Å². The number of rotatable bonds is 4. The molecule has 1 aromatic carbocycles. The summed E-state index contributed by atoms with van der Waals surface area (Å²) in [5.74, 6) is 0.709. The topological polar surface area (TPSA) is 99.4 Å². The number of anilines is 2. The molecule has 1 heterocycles. The Kier molecular flexibility index (Phi) is 4.59. The second kappa shape index (κ2) is 6.40. The van der Waals surface area contributed by atoms with Crippen molar-refractivity contribution >= 4 is 33.3 Å². The van der Waals surface area contributed by atoms with Gasteiger partial charge in [-0.15, -0.1) is 0 Å². The number of aromatic nitrogens is 2. The van der Waals surface area contributed by atoms with E-state index in [4.69, 9.17) is 15.2 Å². The van der Waals surface area contributed by atoms with E-state index in [9.17, 15) is 4.79 Å². The third-order valence-electron chi connectivity index (χ3n) is 2.68. The summed E-state index contributed by atoms with van der Waals surface area (Å²) in [5.41, 5.74) is 6.37. The number of hydrogen-bond acceptors (Lipinski definition) is 6. The monoisotopic (exact) mass is 352 g/mol. The van der Waals surface area contributed by atoms with Crippen molar-refractivity contribution in [3.8, 4) is 11.5 Å². The second-order valence-corrected chi connectivity index (χ2v) is 4.78. The molecule has 0 fully saturated rings. The smallest absolute Gasteiger partial charge is 0.259 e. The van der Waals surface area contributed by atoms with Crippen LogP contribution in [-0.2, 0) is 0 Å². The first-order valence-corrected chi connectivity index (χ1v) is 6.65. The first kappa shape index (κ1) is 15.0. The molecule has 0 aliphatic carbocycles. The Hall–Kier alpha value is -2.35. The Bertz CT molecular complexity index is 661. The molecule has 2 aromatic rings. The molecule has 0 spiro atoms. The summed E-state index contributed by atoms with van der Waals surface area (Å²) in [7, 11) is 2.96. The molecule has 2 rings (SSSR count). The molecule has 0 aliphatic heterocycles. The van der Waals surface area contributed by atoms with Gasteiger partial charge in [-0.05, 0) is 22.0 Å². The van der Waals surface area contributed by atoms with Gasteiger partial charge < -0.3 is 20.5 Å².